The summed E-state index contributed by atoms with van der Waals surface area (Å²) in [5.41, 5.74) is -0.143. The van der Waals surface area contributed by atoms with E-state index in [4.69, 9.17) is 4.42 Å². The van der Waals surface area contributed by atoms with E-state index >= 15 is 0 Å². The van der Waals surface area contributed by atoms with Gasteiger partial charge in [-0.25, -0.2) is 0 Å². The fourth-order valence-electron chi connectivity index (χ4n) is 3.64. The number of hydrogen-bond acceptors (Lipinski definition) is 6. The summed E-state index contributed by atoms with van der Waals surface area (Å²) in [6, 6.07) is 10.4. The third-order valence-corrected chi connectivity index (χ3v) is 5.05. The number of rotatable bonds is 3. The van der Waals surface area contributed by atoms with Crippen LogP contribution in [0.1, 0.15) is 10.6 Å². The molecule has 0 aliphatic carbocycles. The molecule has 1 fully saturated rings. The van der Waals surface area contributed by atoms with Crippen molar-refractivity contribution in [3.05, 3.63) is 68.9 Å². The lowest BCUT2D eigenvalue weighted by molar-refractivity contribution is -0.385. The van der Waals surface area contributed by atoms with E-state index in [1.807, 2.05) is 4.90 Å². The van der Waals surface area contributed by atoms with Crippen molar-refractivity contribution in [3.8, 4) is 0 Å². The van der Waals surface area contributed by atoms with Gasteiger partial charge in [-0.05, 0) is 18.2 Å². The molecule has 0 bridgehead atoms. The Hall–Kier alpha value is -3.62. The van der Waals surface area contributed by atoms with Gasteiger partial charge in [0.05, 0.1) is 16.7 Å². The molecule has 0 unspecified atom stereocenters. The number of hydrogen-bond donors (Lipinski definition) is 0. The molecule has 0 radical (unpaired) electrons. The zero-order valence-electron chi connectivity index (χ0n) is 15.2. The third kappa shape index (κ3) is 2.81. The Morgan fingerprint density at radius 2 is 1.82 bits per heavy atom. The molecule has 0 atom stereocenters. The van der Waals surface area contributed by atoms with Crippen molar-refractivity contribution in [3.63, 3.8) is 0 Å². The van der Waals surface area contributed by atoms with Crippen molar-refractivity contribution in [1.82, 2.24) is 9.47 Å². The average Bonchev–Trinajstić information content (AvgIpc) is 3.25. The number of pyridine rings is 1. The summed E-state index contributed by atoms with van der Waals surface area (Å²) in [5, 5.41) is 12.3. The highest BCUT2D eigenvalue weighted by atomic mass is 16.6. The minimum atomic E-state index is -0.646. The minimum Gasteiger partial charge on any atom is -0.459 e. The van der Waals surface area contributed by atoms with Crippen LogP contribution in [-0.4, -0.2) is 46.5 Å². The SMILES string of the molecule is Cn1c(=O)c([N+](=O)[O-])c(N2CCN(C(=O)c3ccco3)CC2)c2ccccc21. The average molecular weight is 382 g/mol. The second kappa shape index (κ2) is 6.84. The van der Waals surface area contributed by atoms with E-state index in [1.165, 1.54) is 17.9 Å². The number of furan rings is 1. The van der Waals surface area contributed by atoms with Crippen LogP contribution in [0.3, 0.4) is 0 Å². The third-order valence-electron chi connectivity index (χ3n) is 5.05. The summed E-state index contributed by atoms with van der Waals surface area (Å²) in [4.78, 5) is 39.6. The van der Waals surface area contributed by atoms with Crippen molar-refractivity contribution in [2.45, 2.75) is 0 Å². The smallest absolute Gasteiger partial charge is 0.357 e. The van der Waals surface area contributed by atoms with Crippen molar-refractivity contribution < 1.29 is 14.1 Å². The number of para-hydroxylation sites is 1. The number of amides is 1. The van der Waals surface area contributed by atoms with Gasteiger partial charge in [-0.1, -0.05) is 18.2 Å². The van der Waals surface area contributed by atoms with Crippen LogP contribution in [0.25, 0.3) is 10.9 Å². The van der Waals surface area contributed by atoms with Crippen molar-refractivity contribution in [2.75, 3.05) is 31.1 Å². The first-order valence-electron chi connectivity index (χ1n) is 8.83. The predicted octanol–water partition coefficient (Wildman–Crippen LogP) is 2.00. The lowest BCUT2D eigenvalue weighted by Crippen LogP contribution is -2.49. The molecule has 9 heteroatoms. The van der Waals surface area contributed by atoms with Crippen LogP contribution in [0.15, 0.2) is 51.9 Å². The minimum absolute atomic E-state index is 0.215. The molecule has 28 heavy (non-hydrogen) atoms. The summed E-state index contributed by atoms with van der Waals surface area (Å²) in [6.45, 7) is 1.51. The number of piperazine rings is 1. The van der Waals surface area contributed by atoms with Crippen molar-refractivity contribution in [2.24, 2.45) is 7.05 Å². The molecule has 1 aliphatic heterocycles. The normalized spacial score (nSPS) is 14.5. The van der Waals surface area contributed by atoms with Gasteiger partial charge in [0.15, 0.2) is 5.76 Å². The van der Waals surface area contributed by atoms with E-state index < -0.39 is 16.2 Å². The molecule has 0 N–H and O–H groups in total. The first kappa shape index (κ1) is 17.8. The van der Waals surface area contributed by atoms with Crippen LogP contribution in [0.2, 0.25) is 0 Å². The maximum Gasteiger partial charge on any atom is 0.357 e. The quantitative estimate of drug-likeness (QED) is 0.507. The molecular formula is C19H18N4O5. The molecule has 144 valence electrons. The number of nitrogens with zero attached hydrogens (tertiary/aromatic N) is 4. The van der Waals surface area contributed by atoms with Crippen LogP contribution in [0.5, 0.6) is 0 Å². The van der Waals surface area contributed by atoms with Gasteiger partial charge in [-0.2, -0.15) is 0 Å². The molecule has 3 heterocycles. The van der Waals surface area contributed by atoms with Crippen molar-refractivity contribution in [1.29, 1.82) is 0 Å². The van der Waals surface area contributed by atoms with Crippen LogP contribution in [0, 0.1) is 10.1 Å². The highest BCUT2D eigenvalue weighted by Crippen LogP contribution is 2.33. The Morgan fingerprint density at radius 1 is 1.11 bits per heavy atom. The Morgan fingerprint density at radius 3 is 2.46 bits per heavy atom. The van der Waals surface area contributed by atoms with Gasteiger partial charge in [0, 0.05) is 38.6 Å². The molecule has 4 rings (SSSR count). The maximum atomic E-state index is 12.6. The Kier molecular flexibility index (Phi) is 4.34. The lowest BCUT2D eigenvalue weighted by atomic mass is 10.1. The molecule has 2 aromatic heterocycles. The number of benzene rings is 1. The summed E-state index contributed by atoms with van der Waals surface area (Å²) in [6.07, 6.45) is 1.44. The van der Waals surface area contributed by atoms with E-state index in [0.29, 0.717) is 42.8 Å². The topological polar surface area (TPSA) is 102 Å². The molecule has 0 saturated carbocycles. The standard InChI is InChI=1S/C19H18N4O5/c1-20-14-6-3-2-5-13(14)16(17(19(20)25)23(26)27)21-8-10-22(11-9-21)18(24)15-7-4-12-28-15/h2-7,12H,8-11H2,1H3. The zero-order valence-corrected chi connectivity index (χ0v) is 15.2. The van der Waals surface area contributed by atoms with Crippen LogP contribution in [0.4, 0.5) is 11.4 Å². The number of nitro groups is 1. The van der Waals surface area contributed by atoms with Gasteiger partial charge in [0.1, 0.15) is 5.69 Å². The molecule has 0 spiro atoms. The van der Waals surface area contributed by atoms with Gasteiger partial charge >= 0.3 is 11.2 Å². The summed E-state index contributed by atoms with van der Waals surface area (Å²) in [5.74, 6) is 0.0476. The summed E-state index contributed by atoms with van der Waals surface area (Å²) >= 11 is 0. The fourth-order valence-corrected chi connectivity index (χ4v) is 3.64. The van der Waals surface area contributed by atoms with Crippen LogP contribution in [-0.2, 0) is 7.05 Å². The molecule has 1 aliphatic rings. The van der Waals surface area contributed by atoms with Crippen LogP contribution < -0.4 is 10.5 Å². The number of carbonyl (C=O) groups excluding carboxylic acids is 1. The van der Waals surface area contributed by atoms with E-state index in [2.05, 4.69) is 0 Å². The number of aryl methyl sites for hydroxylation is 1. The monoisotopic (exact) mass is 382 g/mol. The first-order valence-corrected chi connectivity index (χ1v) is 8.83. The molecule has 1 amide bonds. The lowest BCUT2D eigenvalue weighted by Gasteiger charge is -2.35. The van der Waals surface area contributed by atoms with Crippen molar-refractivity contribution >= 4 is 28.2 Å². The Bertz CT molecular complexity index is 1110. The molecule has 3 aromatic rings. The largest absolute Gasteiger partial charge is 0.459 e. The van der Waals surface area contributed by atoms with E-state index in [-0.39, 0.29) is 11.7 Å². The highest BCUT2D eigenvalue weighted by molar-refractivity contribution is 5.97. The Labute approximate surface area is 159 Å². The van der Waals surface area contributed by atoms with Gasteiger partial charge in [0.25, 0.3) is 5.91 Å². The number of fused-ring (bicyclic) bond motifs is 1. The Balaban J connectivity index is 1.71. The van der Waals surface area contributed by atoms with Gasteiger partial charge in [-0.15, -0.1) is 0 Å². The first-order chi connectivity index (χ1) is 13.5. The second-order valence-electron chi connectivity index (χ2n) is 6.59. The molecule has 9 nitrogen and oxygen atoms in total. The van der Waals surface area contributed by atoms with Crippen LogP contribution >= 0.6 is 0 Å². The molecule has 1 saturated heterocycles. The van der Waals surface area contributed by atoms with Gasteiger partial charge in [0.2, 0.25) is 0 Å². The maximum absolute atomic E-state index is 12.6. The van der Waals surface area contributed by atoms with Gasteiger partial charge < -0.3 is 18.8 Å². The highest BCUT2D eigenvalue weighted by Gasteiger charge is 2.32. The van der Waals surface area contributed by atoms with E-state index in [1.54, 1.807) is 41.3 Å². The number of anilines is 1. The fraction of sp³-hybridized carbons (Fsp3) is 0.263. The van der Waals surface area contributed by atoms with E-state index in [0.717, 1.165) is 0 Å². The number of aromatic nitrogens is 1. The van der Waals surface area contributed by atoms with Gasteiger partial charge in [-0.3, -0.25) is 19.7 Å². The summed E-state index contributed by atoms with van der Waals surface area (Å²) in [7, 11) is 1.53. The number of carbonyl (C=O) groups is 1. The zero-order chi connectivity index (χ0) is 19.8. The molecular weight excluding hydrogens is 364 g/mol. The second-order valence-corrected chi connectivity index (χ2v) is 6.59. The predicted molar refractivity (Wildman–Crippen MR) is 103 cm³/mol. The molecule has 1 aromatic carbocycles. The summed E-state index contributed by atoms with van der Waals surface area (Å²) < 4.78 is 6.46. The van der Waals surface area contributed by atoms with E-state index in [9.17, 15) is 19.7 Å².